The SMILES string of the molecule is Cc1cc([N+](=O)[O-])ccc1N(C(C)C(=O)Cl)S(=O)(=O)c1ccc(Cl)cc1. The van der Waals surface area contributed by atoms with E-state index < -0.39 is 26.2 Å². The van der Waals surface area contributed by atoms with Gasteiger partial charge in [0.05, 0.1) is 15.5 Å². The summed E-state index contributed by atoms with van der Waals surface area (Å²) in [6.07, 6.45) is 0. The molecule has 0 heterocycles. The predicted octanol–water partition coefficient (Wildman–Crippen LogP) is 3.91. The van der Waals surface area contributed by atoms with Gasteiger partial charge in [0.15, 0.2) is 0 Å². The summed E-state index contributed by atoms with van der Waals surface area (Å²) in [6, 6.07) is 7.86. The molecule has 138 valence electrons. The third-order valence-electron chi connectivity index (χ3n) is 3.68. The zero-order chi connectivity index (χ0) is 19.6. The second-order valence-corrected chi connectivity index (χ2v) is 8.09. The van der Waals surface area contributed by atoms with E-state index in [1.807, 2.05) is 0 Å². The Morgan fingerprint density at radius 1 is 1.19 bits per heavy atom. The molecule has 0 aliphatic carbocycles. The minimum Gasteiger partial charge on any atom is -0.279 e. The standard InChI is InChI=1S/C16H14Cl2N2O5S/c1-10-9-13(20(22)23)5-8-15(10)19(11(2)16(18)21)26(24,25)14-6-3-12(17)4-7-14/h3-9,11H,1-2H3. The lowest BCUT2D eigenvalue weighted by Crippen LogP contribution is -2.42. The van der Waals surface area contributed by atoms with Gasteiger partial charge in [-0.05, 0) is 61.3 Å². The number of nitrogens with zero attached hydrogens (tertiary/aromatic N) is 2. The number of anilines is 1. The van der Waals surface area contributed by atoms with Crippen LogP contribution in [0.25, 0.3) is 0 Å². The van der Waals surface area contributed by atoms with Crippen molar-refractivity contribution in [2.45, 2.75) is 24.8 Å². The average Bonchev–Trinajstić information content (AvgIpc) is 2.56. The van der Waals surface area contributed by atoms with E-state index in [0.717, 1.165) is 10.4 Å². The van der Waals surface area contributed by atoms with Crippen molar-refractivity contribution in [3.05, 3.63) is 63.2 Å². The Kier molecular flexibility index (Phi) is 5.90. The summed E-state index contributed by atoms with van der Waals surface area (Å²) in [4.78, 5) is 21.9. The first-order chi connectivity index (χ1) is 12.1. The number of nitro groups is 1. The molecule has 0 aliphatic heterocycles. The Morgan fingerprint density at radius 3 is 2.23 bits per heavy atom. The minimum atomic E-state index is -4.17. The molecule has 0 radical (unpaired) electrons. The summed E-state index contributed by atoms with van der Waals surface area (Å²) in [5.41, 5.74) is 0.230. The fraction of sp³-hybridized carbons (Fsp3) is 0.188. The fourth-order valence-electron chi connectivity index (χ4n) is 2.36. The van der Waals surface area contributed by atoms with Crippen molar-refractivity contribution >= 4 is 49.8 Å². The number of hydrogen-bond acceptors (Lipinski definition) is 5. The van der Waals surface area contributed by atoms with Crippen LogP contribution in [0.15, 0.2) is 47.4 Å². The summed E-state index contributed by atoms with van der Waals surface area (Å²) >= 11 is 11.3. The predicted molar refractivity (Wildman–Crippen MR) is 99.3 cm³/mol. The van der Waals surface area contributed by atoms with Crippen molar-refractivity contribution in [3.8, 4) is 0 Å². The maximum atomic E-state index is 13.1. The van der Waals surface area contributed by atoms with Gasteiger partial charge in [-0.3, -0.25) is 19.2 Å². The second-order valence-electron chi connectivity index (χ2n) is 5.46. The van der Waals surface area contributed by atoms with Crippen molar-refractivity contribution in [1.82, 2.24) is 0 Å². The summed E-state index contributed by atoms with van der Waals surface area (Å²) in [5.74, 6) is 0. The van der Waals surface area contributed by atoms with Crippen LogP contribution < -0.4 is 4.31 Å². The lowest BCUT2D eigenvalue weighted by molar-refractivity contribution is -0.384. The topological polar surface area (TPSA) is 97.6 Å². The Balaban J connectivity index is 2.66. The highest BCUT2D eigenvalue weighted by molar-refractivity contribution is 7.93. The van der Waals surface area contributed by atoms with Crippen LogP contribution >= 0.6 is 23.2 Å². The lowest BCUT2D eigenvalue weighted by atomic mass is 10.1. The molecular weight excluding hydrogens is 403 g/mol. The van der Waals surface area contributed by atoms with Gasteiger partial charge in [-0.2, -0.15) is 0 Å². The molecular formula is C16H14Cl2N2O5S. The molecule has 0 bridgehead atoms. The number of hydrogen-bond donors (Lipinski definition) is 0. The number of benzene rings is 2. The van der Waals surface area contributed by atoms with E-state index in [4.69, 9.17) is 23.2 Å². The molecule has 1 unspecified atom stereocenters. The Morgan fingerprint density at radius 2 is 1.77 bits per heavy atom. The van der Waals surface area contributed by atoms with E-state index in [-0.39, 0.29) is 16.3 Å². The first-order valence-corrected chi connectivity index (χ1v) is 9.49. The van der Waals surface area contributed by atoms with Gasteiger partial charge >= 0.3 is 0 Å². The summed E-state index contributed by atoms with van der Waals surface area (Å²) in [7, 11) is -4.17. The molecule has 0 aliphatic rings. The Labute approximate surface area is 160 Å². The Hall–Kier alpha value is -2.16. The van der Waals surface area contributed by atoms with Gasteiger partial charge in [0.1, 0.15) is 6.04 Å². The van der Waals surface area contributed by atoms with E-state index in [0.29, 0.717) is 10.6 Å². The van der Waals surface area contributed by atoms with Gasteiger partial charge in [0.25, 0.3) is 15.7 Å². The van der Waals surface area contributed by atoms with Crippen LogP contribution in [-0.4, -0.2) is 24.6 Å². The van der Waals surface area contributed by atoms with E-state index in [1.54, 1.807) is 0 Å². The van der Waals surface area contributed by atoms with Gasteiger partial charge in [-0.15, -0.1) is 0 Å². The van der Waals surface area contributed by atoms with E-state index in [1.165, 1.54) is 50.2 Å². The van der Waals surface area contributed by atoms with Gasteiger partial charge in [0.2, 0.25) is 5.24 Å². The third-order valence-corrected chi connectivity index (χ3v) is 6.15. The molecule has 0 aromatic heterocycles. The van der Waals surface area contributed by atoms with Crippen molar-refractivity contribution in [2.24, 2.45) is 0 Å². The molecule has 0 spiro atoms. The summed E-state index contributed by atoms with van der Waals surface area (Å²) in [5, 5.41) is 10.4. The number of non-ortho nitro benzene ring substituents is 1. The molecule has 0 fully saturated rings. The highest BCUT2D eigenvalue weighted by Gasteiger charge is 2.34. The van der Waals surface area contributed by atoms with Crippen LogP contribution in [0.1, 0.15) is 12.5 Å². The monoisotopic (exact) mass is 416 g/mol. The minimum absolute atomic E-state index is 0.0931. The normalized spacial score (nSPS) is 12.5. The molecule has 0 saturated carbocycles. The van der Waals surface area contributed by atoms with E-state index in [9.17, 15) is 23.3 Å². The number of nitro benzene ring substituents is 1. The van der Waals surface area contributed by atoms with Crippen molar-refractivity contribution in [1.29, 1.82) is 0 Å². The number of aryl methyl sites for hydroxylation is 1. The van der Waals surface area contributed by atoms with Gasteiger partial charge in [-0.25, -0.2) is 8.42 Å². The van der Waals surface area contributed by atoms with Crippen LogP contribution in [0, 0.1) is 17.0 Å². The molecule has 10 heteroatoms. The molecule has 26 heavy (non-hydrogen) atoms. The van der Waals surface area contributed by atoms with Gasteiger partial charge in [0, 0.05) is 17.2 Å². The molecule has 0 saturated heterocycles. The summed E-state index contributed by atoms with van der Waals surface area (Å²) in [6.45, 7) is 2.85. The molecule has 0 N–H and O–H groups in total. The first-order valence-electron chi connectivity index (χ1n) is 7.30. The van der Waals surface area contributed by atoms with Crippen molar-refractivity contribution < 1.29 is 18.1 Å². The average molecular weight is 417 g/mol. The van der Waals surface area contributed by atoms with Crippen LogP contribution in [0.2, 0.25) is 5.02 Å². The maximum absolute atomic E-state index is 13.1. The zero-order valence-corrected chi connectivity index (χ0v) is 16.0. The van der Waals surface area contributed by atoms with Gasteiger partial charge in [-0.1, -0.05) is 11.6 Å². The van der Waals surface area contributed by atoms with Crippen LogP contribution in [-0.2, 0) is 14.8 Å². The number of carbonyl (C=O) groups is 1. The Bertz CT molecular complexity index is 961. The lowest BCUT2D eigenvalue weighted by Gasteiger charge is -2.29. The van der Waals surface area contributed by atoms with Crippen LogP contribution in [0.3, 0.4) is 0 Å². The third kappa shape index (κ3) is 3.98. The molecule has 7 nitrogen and oxygen atoms in total. The van der Waals surface area contributed by atoms with Crippen LogP contribution in [0.5, 0.6) is 0 Å². The first kappa shape index (κ1) is 20.2. The zero-order valence-electron chi connectivity index (χ0n) is 13.7. The molecule has 2 rings (SSSR count). The van der Waals surface area contributed by atoms with Crippen LogP contribution in [0.4, 0.5) is 11.4 Å². The largest absolute Gasteiger partial charge is 0.279 e. The molecule has 0 amide bonds. The second kappa shape index (κ2) is 7.61. The summed E-state index contributed by atoms with van der Waals surface area (Å²) < 4.78 is 27.1. The number of rotatable bonds is 6. The van der Waals surface area contributed by atoms with E-state index >= 15 is 0 Å². The fourth-order valence-corrected chi connectivity index (χ4v) is 4.32. The van der Waals surface area contributed by atoms with Gasteiger partial charge < -0.3 is 0 Å². The smallest absolute Gasteiger partial charge is 0.269 e. The number of halogens is 2. The highest BCUT2D eigenvalue weighted by atomic mass is 35.5. The molecule has 2 aromatic carbocycles. The maximum Gasteiger partial charge on any atom is 0.269 e. The van der Waals surface area contributed by atoms with E-state index in [2.05, 4.69) is 0 Å². The van der Waals surface area contributed by atoms with Crippen molar-refractivity contribution in [3.63, 3.8) is 0 Å². The number of carbonyl (C=O) groups excluding carboxylic acids is 1. The quantitative estimate of drug-likeness (QED) is 0.403. The molecule has 2 aromatic rings. The van der Waals surface area contributed by atoms with Crippen molar-refractivity contribution in [2.75, 3.05) is 4.31 Å². The number of sulfonamides is 1. The molecule has 1 atom stereocenters. The highest BCUT2D eigenvalue weighted by Crippen LogP contribution is 2.32.